The molecule has 1 aromatic heterocycles. The van der Waals surface area contributed by atoms with Gasteiger partial charge >= 0.3 is 0 Å². The molecule has 1 fully saturated rings. The van der Waals surface area contributed by atoms with Gasteiger partial charge in [-0.15, -0.1) is 23.7 Å². The molecule has 3 rings (SSSR count). The predicted molar refractivity (Wildman–Crippen MR) is 90.7 cm³/mol. The van der Waals surface area contributed by atoms with Crippen LogP contribution in [0.4, 0.5) is 0 Å². The minimum atomic E-state index is 0. The maximum Gasteiger partial charge on any atom is 0.254 e. The van der Waals surface area contributed by atoms with E-state index in [0.717, 1.165) is 50.4 Å². The summed E-state index contributed by atoms with van der Waals surface area (Å²) < 4.78 is 0. The van der Waals surface area contributed by atoms with Crippen molar-refractivity contribution in [2.75, 3.05) is 26.7 Å². The van der Waals surface area contributed by atoms with E-state index in [0.29, 0.717) is 5.92 Å². The fourth-order valence-electron chi connectivity index (χ4n) is 3.50. The molecular weight excluding hydrogens is 304 g/mol. The summed E-state index contributed by atoms with van der Waals surface area (Å²) in [5.41, 5.74) is 2.36. The Hall–Kier alpha value is -0.580. The summed E-state index contributed by atoms with van der Waals surface area (Å²) in [7, 11) is 1.99. The number of halogens is 1. The number of likely N-dealkylation sites (tertiary alicyclic amines) is 1. The number of carbonyl (C=O) groups excluding carboxylic acids is 1. The molecule has 21 heavy (non-hydrogen) atoms. The molecule has 2 atom stereocenters. The molecule has 0 aromatic carbocycles. The van der Waals surface area contributed by atoms with Gasteiger partial charge in [-0.25, -0.2) is 0 Å². The van der Waals surface area contributed by atoms with Gasteiger partial charge in [-0.2, -0.15) is 0 Å². The van der Waals surface area contributed by atoms with Crippen LogP contribution in [-0.2, 0) is 12.8 Å². The zero-order valence-corrected chi connectivity index (χ0v) is 14.5. The minimum absolute atomic E-state index is 0. The van der Waals surface area contributed by atoms with Gasteiger partial charge in [0.15, 0.2) is 0 Å². The zero-order chi connectivity index (χ0) is 14.1. The van der Waals surface area contributed by atoms with Crippen molar-refractivity contribution in [2.45, 2.75) is 32.6 Å². The fourth-order valence-corrected chi connectivity index (χ4v) is 4.74. The van der Waals surface area contributed by atoms with E-state index in [2.05, 4.69) is 22.5 Å². The van der Waals surface area contributed by atoms with Crippen LogP contribution >= 0.6 is 23.7 Å². The lowest BCUT2D eigenvalue weighted by molar-refractivity contribution is 0.0786. The molecule has 1 aliphatic heterocycles. The van der Waals surface area contributed by atoms with Crippen LogP contribution in [0.15, 0.2) is 5.38 Å². The molecular formula is C16H25ClN2OS. The third-order valence-corrected chi connectivity index (χ3v) is 5.75. The number of nitrogens with one attached hydrogen (secondary N) is 1. The lowest BCUT2D eigenvalue weighted by Gasteiger charge is -2.21. The van der Waals surface area contributed by atoms with Crippen LogP contribution in [0.25, 0.3) is 0 Å². The highest BCUT2D eigenvalue weighted by Crippen LogP contribution is 2.34. The first-order chi connectivity index (χ1) is 9.69. The molecule has 1 aliphatic carbocycles. The van der Waals surface area contributed by atoms with Gasteiger partial charge in [0.05, 0.1) is 5.56 Å². The number of carbonyl (C=O) groups is 1. The Morgan fingerprint density at radius 3 is 3.05 bits per heavy atom. The van der Waals surface area contributed by atoms with Crippen LogP contribution in [0, 0.1) is 11.8 Å². The summed E-state index contributed by atoms with van der Waals surface area (Å²) in [6.45, 7) is 5.17. The highest BCUT2D eigenvalue weighted by Gasteiger charge is 2.30. The molecule has 0 spiro atoms. The number of amides is 1. The van der Waals surface area contributed by atoms with E-state index in [-0.39, 0.29) is 18.3 Å². The number of nitrogens with zero attached hydrogens (tertiary/aromatic N) is 1. The second-order valence-corrected chi connectivity index (χ2v) is 7.33. The lowest BCUT2D eigenvalue weighted by Crippen LogP contribution is -2.31. The van der Waals surface area contributed by atoms with Crippen LogP contribution in [0.5, 0.6) is 0 Å². The first-order valence-corrected chi connectivity index (χ1v) is 8.60. The quantitative estimate of drug-likeness (QED) is 0.925. The van der Waals surface area contributed by atoms with E-state index in [1.807, 2.05) is 7.05 Å². The van der Waals surface area contributed by atoms with E-state index in [9.17, 15) is 4.79 Å². The van der Waals surface area contributed by atoms with Crippen molar-refractivity contribution in [3.63, 3.8) is 0 Å². The summed E-state index contributed by atoms with van der Waals surface area (Å²) in [6, 6.07) is 0. The van der Waals surface area contributed by atoms with Gasteiger partial charge in [0.25, 0.3) is 5.91 Å². The fraction of sp³-hybridized carbons (Fsp3) is 0.688. The molecule has 0 bridgehead atoms. The van der Waals surface area contributed by atoms with Crippen LogP contribution in [0.2, 0.25) is 0 Å². The molecule has 5 heteroatoms. The largest absolute Gasteiger partial charge is 0.338 e. The first-order valence-electron chi connectivity index (χ1n) is 7.72. The van der Waals surface area contributed by atoms with Gasteiger partial charge in [-0.3, -0.25) is 4.79 Å². The van der Waals surface area contributed by atoms with Crippen LogP contribution in [0.3, 0.4) is 0 Å². The Morgan fingerprint density at radius 2 is 2.29 bits per heavy atom. The Bertz CT molecular complexity index is 502. The Morgan fingerprint density at radius 1 is 1.48 bits per heavy atom. The number of thiophene rings is 1. The third-order valence-electron chi connectivity index (χ3n) is 4.70. The van der Waals surface area contributed by atoms with Gasteiger partial charge in [-0.1, -0.05) is 6.92 Å². The lowest BCUT2D eigenvalue weighted by atomic mass is 9.88. The predicted octanol–water partition coefficient (Wildman–Crippen LogP) is 2.98. The van der Waals surface area contributed by atoms with E-state index in [1.54, 1.807) is 11.3 Å². The number of fused-ring (bicyclic) bond motifs is 1. The Labute approximate surface area is 137 Å². The normalized spacial score (nSPS) is 24.6. The summed E-state index contributed by atoms with van der Waals surface area (Å²) in [6.07, 6.45) is 4.62. The van der Waals surface area contributed by atoms with Gasteiger partial charge < -0.3 is 10.2 Å². The van der Waals surface area contributed by atoms with Crippen molar-refractivity contribution < 1.29 is 4.79 Å². The van der Waals surface area contributed by atoms with Gasteiger partial charge in [0, 0.05) is 23.3 Å². The maximum absolute atomic E-state index is 12.7. The molecule has 0 saturated carbocycles. The molecule has 1 N–H and O–H groups in total. The summed E-state index contributed by atoms with van der Waals surface area (Å²) in [4.78, 5) is 16.2. The van der Waals surface area contributed by atoms with E-state index in [1.165, 1.54) is 16.9 Å². The molecule has 1 saturated heterocycles. The standard InChI is InChI=1S/C16H24N2OS.ClH/c1-11-3-4-13-14(10-20-15(13)7-11)16(19)18-6-5-12(9-18)8-17-2;/h10-12,17H,3-9H2,1-2H3;1H. The first kappa shape index (κ1) is 16.8. The third kappa shape index (κ3) is 3.43. The molecule has 2 aliphatic rings. The van der Waals surface area contributed by atoms with Crippen molar-refractivity contribution in [1.82, 2.24) is 10.2 Å². The van der Waals surface area contributed by atoms with Gasteiger partial charge in [0.2, 0.25) is 0 Å². The molecule has 0 radical (unpaired) electrons. The molecule has 2 unspecified atom stereocenters. The van der Waals surface area contributed by atoms with Crippen LogP contribution in [-0.4, -0.2) is 37.5 Å². The van der Waals surface area contributed by atoms with Gasteiger partial charge in [0.1, 0.15) is 0 Å². The topological polar surface area (TPSA) is 32.3 Å². The van der Waals surface area contributed by atoms with Crippen molar-refractivity contribution >= 4 is 29.7 Å². The number of hydrogen-bond acceptors (Lipinski definition) is 3. The molecule has 118 valence electrons. The van der Waals surface area contributed by atoms with Crippen molar-refractivity contribution in [3.8, 4) is 0 Å². The SMILES string of the molecule is CNCC1CCN(C(=O)c2csc3c2CCC(C)C3)C1.Cl. The smallest absolute Gasteiger partial charge is 0.254 e. The summed E-state index contributed by atoms with van der Waals surface area (Å²) in [5.74, 6) is 1.67. The summed E-state index contributed by atoms with van der Waals surface area (Å²) in [5, 5.41) is 5.33. The Kier molecular flexibility index (Phi) is 5.69. The second kappa shape index (κ2) is 7.12. The average molecular weight is 329 g/mol. The molecule has 3 nitrogen and oxygen atoms in total. The van der Waals surface area contributed by atoms with Gasteiger partial charge in [-0.05, 0) is 56.7 Å². The minimum Gasteiger partial charge on any atom is -0.338 e. The second-order valence-electron chi connectivity index (χ2n) is 6.36. The van der Waals surface area contributed by atoms with E-state index < -0.39 is 0 Å². The van der Waals surface area contributed by atoms with Crippen LogP contribution in [0.1, 0.15) is 40.6 Å². The number of rotatable bonds is 3. The van der Waals surface area contributed by atoms with Crippen molar-refractivity contribution in [2.24, 2.45) is 11.8 Å². The molecule has 1 aromatic rings. The molecule has 2 heterocycles. The number of hydrogen-bond donors (Lipinski definition) is 1. The zero-order valence-electron chi connectivity index (χ0n) is 12.9. The van der Waals surface area contributed by atoms with Crippen LogP contribution < -0.4 is 5.32 Å². The highest BCUT2D eigenvalue weighted by molar-refractivity contribution is 7.10. The highest BCUT2D eigenvalue weighted by atomic mass is 35.5. The van der Waals surface area contributed by atoms with Crippen molar-refractivity contribution in [1.29, 1.82) is 0 Å². The summed E-state index contributed by atoms with van der Waals surface area (Å²) >= 11 is 1.79. The monoisotopic (exact) mass is 328 g/mol. The maximum atomic E-state index is 12.7. The van der Waals surface area contributed by atoms with E-state index >= 15 is 0 Å². The Balaban J connectivity index is 0.00000161. The molecule has 1 amide bonds. The average Bonchev–Trinajstić information content (AvgIpc) is 3.04. The van der Waals surface area contributed by atoms with Crippen molar-refractivity contribution in [3.05, 3.63) is 21.4 Å². The van der Waals surface area contributed by atoms with E-state index in [4.69, 9.17) is 0 Å².